The summed E-state index contributed by atoms with van der Waals surface area (Å²) in [4.78, 5) is 14.9. The lowest BCUT2D eigenvalue weighted by molar-refractivity contribution is -0.132. The van der Waals surface area contributed by atoms with Gasteiger partial charge in [0.05, 0.1) is 10.4 Å². The molecule has 0 spiro atoms. The third-order valence-corrected chi connectivity index (χ3v) is 4.78. The molecular weight excluding hydrogens is 312 g/mol. The molecule has 0 saturated carbocycles. The lowest BCUT2D eigenvalue weighted by Gasteiger charge is -2.37. The molecule has 1 saturated heterocycles. The first kappa shape index (κ1) is 18.1. The Balaban J connectivity index is 1.91. The predicted molar refractivity (Wildman–Crippen MR) is 93.9 cm³/mol. The first-order chi connectivity index (χ1) is 10.8. The number of ether oxygens (including phenoxy) is 1. The van der Waals surface area contributed by atoms with E-state index in [1.165, 1.54) is 0 Å². The van der Waals surface area contributed by atoms with Gasteiger partial charge in [0, 0.05) is 12.6 Å². The van der Waals surface area contributed by atoms with Crippen molar-refractivity contribution >= 4 is 17.5 Å². The molecule has 1 heterocycles. The van der Waals surface area contributed by atoms with Gasteiger partial charge in [0.25, 0.3) is 0 Å². The Morgan fingerprint density at radius 1 is 1.43 bits per heavy atom. The number of likely N-dealkylation sites (tertiary alicyclic amines) is 1. The second-order valence-corrected chi connectivity index (χ2v) is 7.62. The Morgan fingerprint density at radius 2 is 2.13 bits per heavy atom. The third kappa shape index (κ3) is 4.85. The normalized spacial score (nSPS) is 22.7. The molecule has 128 valence electrons. The van der Waals surface area contributed by atoms with E-state index in [2.05, 4.69) is 24.2 Å². The molecular formula is C18H27ClN2O2. The minimum absolute atomic E-state index is 0.0333. The molecule has 2 atom stereocenters. The van der Waals surface area contributed by atoms with Gasteiger partial charge in [-0.15, -0.1) is 0 Å². The fourth-order valence-electron chi connectivity index (χ4n) is 2.82. The van der Waals surface area contributed by atoms with Crippen LogP contribution >= 0.6 is 11.6 Å². The van der Waals surface area contributed by atoms with Crippen LogP contribution in [0, 0.1) is 11.3 Å². The molecule has 1 N–H and O–H groups in total. The summed E-state index contributed by atoms with van der Waals surface area (Å²) in [5.74, 6) is 1.10. The highest BCUT2D eigenvalue weighted by molar-refractivity contribution is 6.32. The van der Waals surface area contributed by atoms with E-state index in [1.54, 1.807) is 6.07 Å². The van der Waals surface area contributed by atoms with Crippen LogP contribution in [0.4, 0.5) is 0 Å². The smallest absolute Gasteiger partial charge is 0.229 e. The summed E-state index contributed by atoms with van der Waals surface area (Å²) < 4.78 is 5.75. The summed E-state index contributed by atoms with van der Waals surface area (Å²) in [6.07, 6.45) is 0.991. The second-order valence-electron chi connectivity index (χ2n) is 7.21. The second kappa shape index (κ2) is 7.54. The number of rotatable bonds is 5. The largest absolute Gasteiger partial charge is 0.491 e. The molecule has 0 radical (unpaired) electrons. The zero-order chi connectivity index (χ0) is 17.0. The van der Waals surface area contributed by atoms with E-state index in [4.69, 9.17) is 16.3 Å². The van der Waals surface area contributed by atoms with Crippen molar-refractivity contribution in [1.29, 1.82) is 0 Å². The van der Waals surface area contributed by atoms with Crippen molar-refractivity contribution in [2.45, 2.75) is 33.2 Å². The molecule has 1 aromatic rings. The van der Waals surface area contributed by atoms with Crippen LogP contribution in [0.25, 0.3) is 0 Å². The van der Waals surface area contributed by atoms with Crippen LogP contribution in [-0.2, 0) is 4.79 Å². The van der Waals surface area contributed by atoms with Crippen LogP contribution < -0.4 is 10.1 Å². The van der Waals surface area contributed by atoms with E-state index in [-0.39, 0.29) is 11.9 Å². The standard InChI is InChI=1S/C18H27ClN2O2/c1-13-11-21(4)10-9-15(13)20-17(22)18(2,3)12-23-16-8-6-5-7-14(16)19/h5-8,13,15H,9-12H2,1-4H3,(H,20,22)/t13-,15-/m1/s1. The van der Waals surface area contributed by atoms with Crippen LogP contribution in [0.3, 0.4) is 0 Å². The van der Waals surface area contributed by atoms with Crippen molar-refractivity contribution in [3.05, 3.63) is 29.3 Å². The number of halogens is 1. The molecule has 0 bridgehead atoms. The minimum Gasteiger partial charge on any atom is -0.491 e. The molecule has 0 unspecified atom stereocenters. The fraction of sp³-hybridized carbons (Fsp3) is 0.611. The Hall–Kier alpha value is -1.26. The first-order valence-electron chi connectivity index (χ1n) is 8.16. The molecule has 5 heteroatoms. The van der Waals surface area contributed by atoms with Gasteiger partial charge in [-0.05, 0) is 51.9 Å². The van der Waals surface area contributed by atoms with E-state index in [1.807, 2.05) is 32.0 Å². The van der Waals surface area contributed by atoms with Gasteiger partial charge in [-0.3, -0.25) is 4.79 Å². The van der Waals surface area contributed by atoms with Crippen molar-refractivity contribution in [3.8, 4) is 5.75 Å². The van der Waals surface area contributed by atoms with Crippen LogP contribution in [0.5, 0.6) is 5.75 Å². The molecule has 0 aliphatic carbocycles. The lowest BCUT2D eigenvalue weighted by atomic mass is 9.89. The number of benzene rings is 1. The van der Waals surface area contributed by atoms with Crippen molar-refractivity contribution in [2.24, 2.45) is 11.3 Å². The van der Waals surface area contributed by atoms with Crippen LogP contribution in [-0.4, -0.2) is 43.6 Å². The van der Waals surface area contributed by atoms with Crippen LogP contribution in [0.2, 0.25) is 5.02 Å². The number of hydrogen-bond acceptors (Lipinski definition) is 3. The summed E-state index contributed by atoms with van der Waals surface area (Å²) in [5.41, 5.74) is -0.609. The number of nitrogens with zero attached hydrogens (tertiary/aromatic N) is 1. The zero-order valence-corrected chi connectivity index (χ0v) is 15.2. The quantitative estimate of drug-likeness (QED) is 0.896. The maximum absolute atomic E-state index is 12.6. The van der Waals surface area contributed by atoms with E-state index >= 15 is 0 Å². The lowest BCUT2D eigenvalue weighted by Crippen LogP contribution is -2.52. The van der Waals surface area contributed by atoms with Gasteiger partial charge in [0.1, 0.15) is 12.4 Å². The third-order valence-electron chi connectivity index (χ3n) is 4.46. The number of nitrogens with one attached hydrogen (secondary N) is 1. The molecule has 1 aliphatic rings. The van der Waals surface area contributed by atoms with Gasteiger partial charge in [-0.2, -0.15) is 0 Å². The topological polar surface area (TPSA) is 41.6 Å². The Bertz CT molecular complexity index is 548. The summed E-state index contributed by atoms with van der Waals surface area (Å²) in [6.45, 7) is 8.32. The van der Waals surface area contributed by atoms with Gasteiger partial charge in [-0.25, -0.2) is 0 Å². The molecule has 2 rings (SSSR count). The molecule has 1 fully saturated rings. The van der Waals surface area contributed by atoms with Crippen molar-refractivity contribution in [1.82, 2.24) is 10.2 Å². The highest BCUT2D eigenvalue weighted by atomic mass is 35.5. The monoisotopic (exact) mass is 338 g/mol. The van der Waals surface area contributed by atoms with Gasteiger partial charge < -0.3 is 15.0 Å². The van der Waals surface area contributed by atoms with Gasteiger partial charge in [0.2, 0.25) is 5.91 Å². The highest BCUT2D eigenvalue weighted by Crippen LogP contribution is 2.26. The van der Waals surface area contributed by atoms with Crippen molar-refractivity contribution in [2.75, 3.05) is 26.7 Å². The van der Waals surface area contributed by atoms with Crippen molar-refractivity contribution < 1.29 is 9.53 Å². The van der Waals surface area contributed by atoms with Gasteiger partial charge >= 0.3 is 0 Å². The predicted octanol–water partition coefficient (Wildman–Crippen LogP) is 3.20. The van der Waals surface area contributed by atoms with Gasteiger partial charge in [0.15, 0.2) is 0 Å². The van der Waals surface area contributed by atoms with E-state index < -0.39 is 5.41 Å². The van der Waals surface area contributed by atoms with Crippen LogP contribution in [0.15, 0.2) is 24.3 Å². The maximum atomic E-state index is 12.6. The Morgan fingerprint density at radius 3 is 2.78 bits per heavy atom. The highest BCUT2D eigenvalue weighted by Gasteiger charge is 2.33. The number of para-hydroxylation sites is 1. The summed E-state index contributed by atoms with van der Waals surface area (Å²) >= 11 is 6.09. The summed E-state index contributed by atoms with van der Waals surface area (Å²) in [7, 11) is 2.12. The fourth-order valence-corrected chi connectivity index (χ4v) is 3.01. The summed E-state index contributed by atoms with van der Waals surface area (Å²) in [6, 6.07) is 7.56. The average Bonchev–Trinajstić information content (AvgIpc) is 2.49. The van der Waals surface area contributed by atoms with E-state index in [0.29, 0.717) is 23.3 Å². The van der Waals surface area contributed by atoms with Gasteiger partial charge in [-0.1, -0.05) is 30.7 Å². The molecule has 0 aromatic heterocycles. The average molecular weight is 339 g/mol. The van der Waals surface area contributed by atoms with E-state index in [9.17, 15) is 4.79 Å². The maximum Gasteiger partial charge on any atom is 0.229 e. The number of piperidine rings is 1. The Kier molecular flexibility index (Phi) is 5.93. The minimum atomic E-state index is -0.609. The molecule has 4 nitrogen and oxygen atoms in total. The molecule has 1 aliphatic heterocycles. The van der Waals surface area contributed by atoms with E-state index in [0.717, 1.165) is 19.5 Å². The summed E-state index contributed by atoms with van der Waals surface area (Å²) in [5, 5.41) is 3.76. The Labute approximate surface area is 144 Å². The SMILES string of the molecule is C[C@@H]1CN(C)CC[C@H]1NC(=O)C(C)(C)COc1ccccc1Cl. The van der Waals surface area contributed by atoms with Crippen LogP contribution in [0.1, 0.15) is 27.2 Å². The van der Waals surface area contributed by atoms with Crippen molar-refractivity contribution in [3.63, 3.8) is 0 Å². The number of carbonyl (C=O) groups is 1. The molecule has 1 aromatic carbocycles. The number of amides is 1. The number of carbonyl (C=O) groups excluding carboxylic acids is 1. The molecule has 1 amide bonds. The number of hydrogen-bond donors (Lipinski definition) is 1. The zero-order valence-electron chi connectivity index (χ0n) is 14.4. The molecule has 23 heavy (non-hydrogen) atoms. The first-order valence-corrected chi connectivity index (χ1v) is 8.54.